The van der Waals surface area contributed by atoms with Gasteiger partial charge in [0.2, 0.25) is 0 Å². The number of aromatic hydroxyl groups is 2. The van der Waals surface area contributed by atoms with Gasteiger partial charge in [0.1, 0.15) is 17.3 Å². The van der Waals surface area contributed by atoms with Gasteiger partial charge in [-0.05, 0) is 43.5 Å². The van der Waals surface area contributed by atoms with E-state index in [0.29, 0.717) is 28.8 Å². The summed E-state index contributed by atoms with van der Waals surface area (Å²) in [6.45, 7) is 0. The molecule has 1 heterocycles. The van der Waals surface area contributed by atoms with Crippen LogP contribution in [-0.4, -0.2) is 36.5 Å². The molecule has 1 fully saturated rings. The quantitative estimate of drug-likeness (QED) is 0.425. The molecular weight excluding hydrogens is 406 g/mol. The van der Waals surface area contributed by atoms with E-state index in [4.69, 9.17) is 10.2 Å². The van der Waals surface area contributed by atoms with Crippen molar-refractivity contribution < 1.29 is 25.0 Å². The van der Waals surface area contributed by atoms with Crippen LogP contribution in [0.5, 0.6) is 11.5 Å². The lowest BCUT2D eigenvalue weighted by Crippen LogP contribution is -2.17. The number of phenols is 2. The van der Waals surface area contributed by atoms with E-state index < -0.39 is 37.6 Å². The Balaban J connectivity index is 0.000000211. The van der Waals surface area contributed by atoms with E-state index in [2.05, 4.69) is 12.1 Å². The topological polar surface area (TPSA) is 170 Å². The number of benzene rings is 2. The zero-order chi connectivity index (χ0) is 21.6. The van der Waals surface area contributed by atoms with E-state index >= 15 is 0 Å². The molecule has 29 heavy (non-hydrogen) atoms. The molecular formula is C17H18N3O8S+. The second-order valence-corrected chi connectivity index (χ2v) is 8.33. The highest BCUT2D eigenvalue weighted by Gasteiger charge is 2.30. The average molecular weight is 424 g/mol. The summed E-state index contributed by atoms with van der Waals surface area (Å²) in [7, 11) is 0.473. The molecule has 2 aromatic rings. The Morgan fingerprint density at radius 2 is 1.24 bits per heavy atom. The Labute approximate surface area is 167 Å². The van der Waals surface area contributed by atoms with Crippen LogP contribution in [0.25, 0.3) is 0 Å². The van der Waals surface area contributed by atoms with Crippen molar-refractivity contribution in [1.82, 2.24) is 0 Å². The largest absolute Gasteiger partial charge is 0.508 e. The number of rotatable bonds is 4. The van der Waals surface area contributed by atoms with Crippen molar-refractivity contribution in [2.24, 2.45) is 0 Å². The molecule has 2 N–H and O–H groups in total. The van der Waals surface area contributed by atoms with Gasteiger partial charge >= 0.3 is 11.4 Å². The molecule has 1 aliphatic rings. The number of nitrogens with zero attached hydrogens (tertiary/aromatic N) is 3. The minimum absolute atomic E-state index is 0.379. The lowest BCUT2D eigenvalue weighted by atomic mass is 10.2. The normalized spacial score (nSPS) is 13.8. The Morgan fingerprint density at radius 1 is 0.759 bits per heavy atom. The summed E-state index contributed by atoms with van der Waals surface area (Å²) in [5, 5.41) is 49.4. The van der Waals surface area contributed by atoms with E-state index in [-0.39, 0.29) is 0 Å². The van der Waals surface area contributed by atoms with Gasteiger partial charge in [-0.15, -0.1) is 0 Å². The first-order valence-electron chi connectivity index (χ1n) is 8.47. The highest BCUT2D eigenvalue weighted by molar-refractivity contribution is 7.96. The maximum Gasteiger partial charge on any atom is 0.324 e. The molecule has 0 radical (unpaired) electrons. The molecule has 0 saturated carbocycles. The number of hydrogen-bond donors (Lipinski definition) is 2. The van der Waals surface area contributed by atoms with Crippen LogP contribution in [0.1, 0.15) is 19.3 Å². The molecule has 0 spiro atoms. The molecule has 0 aliphatic carbocycles. The van der Waals surface area contributed by atoms with Crippen LogP contribution in [-0.2, 0) is 10.9 Å². The molecule has 0 amide bonds. The molecule has 3 rings (SSSR count). The first kappa shape index (κ1) is 21.9. The van der Waals surface area contributed by atoms with Crippen molar-refractivity contribution in [3.63, 3.8) is 0 Å². The molecule has 11 nitrogen and oxygen atoms in total. The summed E-state index contributed by atoms with van der Waals surface area (Å²) in [5.41, 5.74) is -3.00. The maximum atomic E-state index is 10.4. The molecule has 2 aromatic carbocycles. The van der Waals surface area contributed by atoms with E-state index in [1.165, 1.54) is 35.7 Å². The molecule has 0 aromatic heterocycles. The third-order valence-corrected chi connectivity index (χ3v) is 6.61. The van der Waals surface area contributed by atoms with E-state index in [1.54, 1.807) is 12.1 Å². The average Bonchev–Trinajstić information content (AvgIpc) is 2.69. The van der Waals surface area contributed by atoms with Crippen LogP contribution in [0.2, 0.25) is 0 Å². The minimum atomic E-state index is -1.21. The molecule has 1 saturated heterocycles. The Morgan fingerprint density at radius 3 is 1.66 bits per heavy atom. The van der Waals surface area contributed by atoms with Crippen LogP contribution >= 0.6 is 0 Å². The monoisotopic (exact) mass is 424 g/mol. The fourth-order valence-corrected chi connectivity index (χ4v) is 4.98. The Kier molecular flexibility index (Phi) is 7.31. The minimum Gasteiger partial charge on any atom is -0.508 e. The first-order valence-corrected chi connectivity index (χ1v) is 10.0. The zero-order valence-corrected chi connectivity index (χ0v) is 15.9. The fourth-order valence-electron chi connectivity index (χ4n) is 2.68. The Hall–Kier alpha value is -3.41. The van der Waals surface area contributed by atoms with Gasteiger partial charge in [-0.2, -0.15) is 0 Å². The van der Waals surface area contributed by atoms with Crippen molar-refractivity contribution >= 4 is 28.0 Å². The number of hydrogen-bond acceptors (Lipinski definition) is 8. The Bertz CT molecular complexity index is 878. The van der Waals surface area contributed by atoms with Gasteiger partial charge in [-0.1, -0.05) is 0 Å². The van der Waals surface area contributed by atoms with Crippen LogP contribution in [0.4, 0.5) is 17.1 Å². The van der Waals surface area contributed by atoms with E-state index in [1.807, 2.05) is 0 Å². The van der Waals surface area contributed by atoms with Gasteiger partial charge in [0.05, 0.1) is 26.9 Å². The molecule has 1 aliphatic heterocycles. The summed E-state index contributed by atoms with van der Waals surface area (Å²) in [4.78, 5) is 29.2. The van der Waals surface area contributed by atoms with Gasteiger partial charge in [-0.3, -0.25) is 30.3 Å². The van der Waals surface area contributed by atoms with Gasteiger partial charge in [0, 0.05) is 10.9 Å². The smallest absolute Gasteiger partial charge is 0.324 e. The summed E-state index contributed by atoms with van der Waals surface area (Å²) in [6.07, 6.45) is 4.16. The van der Waals surface area contributed by atoms with Gasteiger partial charge in [0.15, 0.2) is 4.90 Å². The van der Waals surface area contributed by atoms with Crippen molar-refractivity contribution in [1.29, 1.82) is 0 Å². The van der Waals surface area contributed by atoms with Crippen LogP contribution < -0.4 is 0 Å². The molecule has 0 atom stereocenters. The van der Waals surface area contributed by atoms with E-state index in [0.717, 1.165) is 0 Å². The highest BCUT2D eigenvalue weighted by atomic mass is 32.2. The van der Waals surface area contributed by atoms with Crippen molar-refractivity contribution in [2.75, 3.05) is 11.5 Å². The van der Waals surface area contributed by atoms with Crippen molar-refractivity contribution in [3.05, 3.63) is 66.7 Å². The maximum absolute atomic E-state index is 10.4. The van der Waals surface area contributed by atoms with Crippen LogP contribution in [0, 0.1) is 30.3 Å². The highest BCUT2D eigenvalue weighted by Crippen LogP contribution is 2.38. The fraction of sp³-hybridized carbons (Fsp3) is 0.294. The molecule has 154 valence electrons. The second-order valence-electron chi connectivity index (χ2n) is 6.06. The summed E-state index contributed by atoms with van der Waals surface area (Å²) in [6, 6.07) is 8.64. The molecule has 0 bridgehead atoms. The van der Waals surface area contributed by atoms with Crippen LogP contribution in [0.15, 0.2) is 41.3 Å². The summed E-state index contributed by atoms with van der Waals surface area (Å²) >= 11 is 0. The van der Waals surface area contributed by atoms with Gasteiger partial charge in [0.25, 0.3) is 11.4 Å². The number of nitro groups is 3. The predicted octanol–water partition coefficient (Wildman–Crippen LogP) is 3.67. The summed E-state index contributed by atoms with van der Waals surface area (Å²) < 4.78 is 0. The molecule has 0 unspecified atom stereocenters. The third-order valence-electron chi connectivity index (χ3n) is 4.11. The van der Waals surface area contributed by atoms with E-state index in [9.17, 15) is 30.3 Å². The van der Waals surface area contributed by atoms with Gasteiger partial charge in [-0.25, -0.2) is 0 Å². The third kappa shape index (κ3) is 5.78. The number of nitro benzene ring substituents is 3. The predicted molar refractivity (Wildman–Crippen MR) is 105 cm³/mol. The molecule has 12 heteroatoms. The number of phenolic OH excluding ortho intramolecular Hbond substituents is 2. The lowest BCUT2D eigenvalue weighted by molar-refractivity contribution is -0.404. The zero-order valence-electron chi connectivity index (χ0n) is 15.1. The van der Waals surface area contributed by atoms with Crippen molar-refractivity contribution in [2.45, 2.75) is 24.2 Å². The number of non-ortho nitro benzene ring substituents is 1. The standard InChI is InChI=1S/C11H14OS.C6H3N3O7/c12-10-4-6-11(7-5-10)13-8-2-1-3-9-13;10-6-4(8(13)14)1-3(7(11)12)2-5(6)9(15)16/h4-7H,1-3,8-9H2;1-2,10H/p+1. The second kappa shape index (κ2) is 9.68. The van der Waals surface area contributed by atoms with Gasteiger partial charge < -0.3 is 10.2 Å². The lowest BCUT2D eigenvalue weighted by Gasteiger charge is -2.12. The van der Waals surface area contributed by atoms with Crippen LogP contribution in [0.3, 0.4) is 0 Å². The first-order chi connectivity index (χ1) is 13.7. The summed E-state index contributed by atoms with van der Waals surface area (Å²) in [5.74, 6) is 1.88. The van der Waals surface area contributed by atoms with Crippen molar-refractivity contribution in [3.8, 4) is 11.5 Å². The SMILES string of the molecule is O=[N+]([O-])c1cc([N+](=O)[O-])c(O)c([N+](=O)[O-])c1.Oc1ccc([S+]2CCCCC2)cc1.